The lowest BCUT2D eigenvalue weighted by Crippen LogP contribution is -2.34. The molecule has 0 bridgehead atoms. The van der Waals surface area contributed by atoms with Crippen molar-refractivity contribution in [3.8, 4) is 0 Å². The average molecular weight is 362 g/mol. The fraction of sp³-hybridized carbons (Fsp3) is 0.118. The molecule has 124 valence electrons. The summed E-state index contributed by atoms with van der Waals surface area (Å²) in [4.78, 5) is 23.4. The summed E-state index contributed by atoms with van der Waals surface area (Å²) in [6.45, 7) is 0. The first kappa shape index (κ1) is 17.9. The topological polar surface area (TPSA) is 70.2 Å². The van der Waals surface area contributed by atoms with Crippen LogP contribution in [0.4, 0.5) is 5.69 Å². The molecule has 5 nitrogen and oxygen atoms in total. The number of carbonyl (C=O) groups excluding carboxylic acids is 2. The molecule has 0 aliphatic rings. The molecule has 0 radical (unpaired) electrons. The molecule has 0 spiro atoms. The molecule has 24 heavy (non-hydrogen) atoms. The highest BCUT2D eigenvalue weighted by Gasteiger charge is 2.08. The molecule has 3 N–H and O–H groups in total. The third kappa shape index (κ3) is 5.33. The van der Waals surface area contributed by atoms with Gasteiger partial charge in [0.05, 0.1) is 6.42 Å². The molecular weight excluding hydrogens is 346 g/mol. The van der Waals surface area contributed by atoms with E-state index in [0.717, 1.165) is 5.56 Å². The summed E-state index contributed by atoms with van der Waals surface area (Å²) in [7, 11) is 1.60. The fourth-order valence-electron chi connectivity index (χ4n) is 1.95. The van der Waals surface area contributed by atoms with Crippen LogP contribution >= 0.6 is 23.8 Å². The van der Waals surface area contributed by atoms with E-state index < -0.39 is 0 Å². The van der Waals surface area contributed by atoms with Crippen LogP contribution in [-0.2, 0) is 11.2 Å². The Hall–Kier alpha value is -2.44. The first-order valence-electron chi connectivity index (χ1n) is 7.15. The fourth-order valence-corrected chi connectivity index (χ4v) is 2.35. The summed E-state index contributed by atoms with van der Waals surface area (Å²) in [5.74, 6) is -0.397. The van der Waals surface area contributed by atoms with Gasteiger partial charge in [-0.15, -0.1) is 0 Å². The summed E-state index contributed by atoms with van der Waals surface area (Å²) in [6, 6.07) is 13.8. The average Bonchev–Trinajstić information content (AvgIpc) is 2.56. The molecule has 0 fully saturated rings. The molecular formula is C17H16ClN3O2S. The molecule has 2 aromatic rings. The third-order valence-electron chi connectivity index (χ3n) is 3.17. The van der Waals surface area contributed by atoms with Gasteiger partial charge in [-0.2, -0.15) is 0 Å². The molecule has 7 heteroatoms. The van der Waals surface area contributed by atoms with Gasteiger partial charge >= 0.3 is 0 Å². The number of anilines is 1. The predicted molar refractivity (Wildman–Crippen MR) is 99.4 cm³/mol. The molecule has 0 atom stereocenters. The van der Waals surface area contributed by atoms with Gasteiger partial charge in [0.1, 0.15) is 0 Å². The Balaban J connectivity index is 1.92. The Morgan fingerprint density at radius 1 is 1.12 bits per heavy atom. The number of benzene rings is 2. The highest BCUT2D eigenvalue weighted by Crippen LogP contribution is 2.12. The molecule has 0 aromatic heterocycles. The number of likely N-dealkylation sites (N-methyl/N-ethyl adjacent to an activating group) is 1. The molecule has 2 amide bonds. The van der Waals surface area contributed by atoms with Crippen LogP contribution in [0.15, 0.2) is 48.5 Å². The summed E-state index contributed by atoms with van der Waals surface area (Å²) in [5.41, 5.74) is 2.02. The Kier molecular flexibility index (Phi) is 6.28. The number of hydrogen-bond acceptors (Lipinski definition) is 3. The van der Waals surface area contributed by atoms with E-state index >= 15 is 0 Å². The number of amides is 2. The van der Waals surface area contributed by atoms with Crippen molar-refractivity contribution in [1.82, 2.24) is 10.6 Å². The molecule has 2 aromatic carbocycles. The summed E-state index contributed by atoms with van der Waals surface area (Å²) < 4.78 is 0. The van der Waals surface area contributed by atoms with Crippen molar-refractivity contribution in [3.63, 3.8) is 0 Å². The van der Waals surface area contributed by atoms with E-state index in [4.69, 9.17) is 23.8 Å². The third-order valence-corrected chi connectivity index (χ3v) is 3.61. The Labute approximate surface area is 150 Å². The van der Waals surface area contributed by atoms with Crippen molar-refractivity contribution < 1.29 is 9.59 Å². The second-order valence-electron chi connectivity index (χ2n) is 4.97. The van der Waals surface area contributed by atoms with Crippen LogP contribution in [0.1, 0.15) is 15.9 Å². The quantitative estimate of drug-likeness (QED) is 0.732. The molecule has 0 saturated heterocycles. The minimum Gasteiger partial charge on any atom is -0.359 e. The second kappa shape index (κ2) is 8.42. The largest absolute Gasteiger partial charge is 0.359 e. The SMILES string of the molecule is CNC(=O)Cc1ccc(NC(=S)NC(=O)c2cccc(Cl)c2)cc1. The van der Waals surface area contributed by atoms with Crippen LogP contribution in [0.5, 0.6) is 0 Å². The van der Waals surface area contributed by atoms with Crippen molar-refractivity contribution in [2.75, 3.05) is 12.4 Å². The van der Waals surface area contributed by atoms with Gasteiger partial charge < -0.3 is 10.6 Å². The summed E-state index contributed by atoms with van der Waals surface area (Å²) >= 11 is 11.0. The zero-order valence-corrected chi connectivity index (χ0v) is 14.5. The Morgan fingerprint density at radius 3 is 2.46 bits per heavy atom. The van der Waals surface area contributed by atoms with Crippen LogP contribution < -0.4 is 16.0 Å². The van der Waals surface area contributed by atoms with E-state index in [0.29, 0.717) is 22.7 Å². The van der Waals surface area contributed by atoms with Crippen LogP contribution in [-0.4, -0.2) is 24.0 Å². The van der Waals surface area contributed by atoms with Crippen molar-refractivity contribution >= 4 is 46.4 Å². The van der Waals surface area contributed by atoms with Gasteiger partial charge in [-0.1, -0.05) is 29.8 Å². The van der Waals surface area contributed by atoms with Crippen LogP contribution in [0.2, 0.25) is 5.02 Å². The second-order valence-corrected chi connectivity index (χ2v) is 5.81. The number of hydrogen-bond donors (Lipinski definition) is 3. The maximum absolute atomic E-state index is 12.1. The zero-order valence-electron chi connectivity index (χ0n) is 12.9. The van der Waals surface area contributed by atoms with E-state index in [1.807, 2.05) is 12.1 Å². The van der Waals surface area contributed by atoms with Crippen LogP contribution in [0, 0.1) is 0 Å². The van der Waals surface area contributed by atoms with E-state index in [-0.39, 0.29) is 16.9 Å². The highest BCUT2D eigenvalue weighted by molar-refractivity contribution is 7.80. The minimum absolute atomic E-state index is 0.0555. The van der Waals surface area contributed by atoms with E-state index in [1.165, 1.54) is 0 Å². The predicted octanol–water partition coefficient (Wildman–Crippen LogP) is 2.76. The smallest absolute Gasteiger partial charge is 0.257 e. The van der Waals surface area contributed by atoms with Gasteiger partial charge in [-0.25, -0.2) is 0 Å². The lowest BCUT2D eigenvalue weighted by molar-refractivity contribution is -0.119. The zero-order chi connectivity index (χ0) is 17.5. The molecule has 0 heterocycles. The number of rotatable bonds is 4. The van der Waals surface area contributed by atoms with Crippen molar-refractivity contribution in [1.29, 1.82) is 0 Å². The van der Waals surface area contributed by atoms with Crippen molar-refractivity contribution in [2.45, 2.75) is 6.42 Å². The molecule has 0 aliphatic carbocycles. The molecule has 0 aliphatic heterocycles. The van der Waals surface area contributed by atoms with Gasteiger partial charge in [-0.3, -0.25) is 14.9 Å². The van der Waals surface area contributed by atoms with Gasteiger partial charge in [0, 0.05) is 23.3 Å². The van der Waals surface area contributed by atoms with Gasteiger partial charge in [0.15, 0.2) is 5.11 Å². The van der Waals surface area contributed by atoms with E-state index in [2.05, 4.69) is 16.0 Å². The summed E-state index contributed by atoms with van der Waals surface area (Å²) in [5, 5.41) is 8.73. The summed E-state index contributed by atoms with van der Waals surface area (Å²) in [6.07, 6.45) is 0.312. The maximum Gasteiger partial charge on any atom is 0.257 e. The molecule has 2 rings (SSSR count). The lowest BCUT2D eigenvalue weighted by atomic mass is 10.1. The number of thiocarbonyl (C=S) groups is 1. The molecule has 0 saturated carbocycles. The standard InChI is InChI=1S/C17H16ClN3O2S/c1-19-15(22)9-11-5-7-14(8-6-11)20-17(24)21-16(23)12-3-2-4-13(18)10-12/h2-8,10H,9H2,1H3,(H,19,22)(H2,20,21,23,24). The Morgan fingerprint density at radius 2 is 1.83 bits per heavy atom. The van der Waals surface area contributed by atoms with Crippen LogP contribution in [0.3, 0.4) is 0 Å². The number of carbonyl (C=O) groups is 2. The van der Waals surface area contributed by atoms with Crippen molar-refractivity contribution in [2.24, 2.45) is 0 Å². The maximum atomic E-state index is 12.1. The molecule has 0 unspecified atom stereocenters. The van der Waals surface area contributed by atoms with Gasteiger partial charge in [-0.05, 0) is 48.1 Å². The Bertz CT molecular complexity index is 763. The monoisotopic (exact) mass is 361 g/mol. The van der Waals surface area contributed by atoms with E-state index in [9.17, 15) is 9.59 Å². The first-order valence-corrected chi connectivity index (χ1v) is 7.94. The van der Waals surface area contributed by atoms with Gasteiger partial charge in [0.25, 0.3) is 5.91 Å². The number of nitrogens with one attached hydrogen (secondary N) is 3. The highest BCUT2D eigenvalue weighted by atomic mass is 35.5. The normalized spacial score (nSPS) is 9.92. The number of halogens is 1. The lowest BCUT2D eigenvalue weighted by Gasteiger charge is -2.10. The minimum atomic E-state index is -0.341. The van der Waals surface area contributed by atoms with Gasteiger partial charge in [0.2, 0.25) is 5.91 Å². The first-order chi connectivity index (χ1) is 11.5. The van der Waals surface area contributed by atoms with E-state index in [1.54, 1.807) is 43.4 Å². The van der Waals surface area contributed by atoms with Crippen LogP contribution in [0.25, 0.3) is 0 Å². The van der Waals surface area contributed by atoms with Crippen molar-refractivity contribution in [3.05, 3.63) is 64.7 Å².